The van der Waals surface area contributed by atoms with Gasteiger partial charge in [0.25, 0.3) is 0 Å². The second-order valence-corrected chi connectivity index (χ2v) is 8.75. The van der Waals surface area contributed by atoms with Crippen molar-refractivity contribution in [3.63, 3.8) is 0 Å². The topological polar surface area (TPSA) is 88.3 Å². The van der Waals surface area contributed by atoms with Crippen molar-refractivity contribution in [2.75, 3.05) is 17.2 Å². The smallest absolute Gasteiger partial charge is 0.227 e. The minimum absolute atomic E-state index is 0.00177. The third-order valence-corrected chi connectivity index (χ3v) is 7.30. The first-order valence-electron chi connectivity index (χ1n) is 7.98. The Hall–Kier alpha value is -1.15. The first-order chi connectivity index (χ1) is 10.4. The summed E-state index contributed by atoms with van der Waals surface area (Å²) in [6, 6.07) is -0.00177. The van der Waals surface area contributed by atoms with Gasteiger partial charge in [-0.3, -0.25) is 4.57 Å². The normalized spacial score (nSPS) is 29.0. The molecule has 2 fully saturated rings. The molecule has 0 radical (unpaired) electrons. The van der Waals surface area contributed by atoms with Crippen molar-refractivity contribution in [2.45, 2.75) is 57.6 Å². The molecule has 0 amide bonds. The monoisotopic (exact) mass is 328 g/mol. The van der Waals surface area contributed by atoms with Crippen LogP contribution in [0.3, 0.4) is 0 Å². The molecule has 3 heterocycles. The summed E-state index contributed by atoms with van der Waals surface area (Å²) in [5, 5.41) is 18.6. The highest BCUT2D eigenvalue weighted by Crippen LogP contribution is 2.36. The van der Waals surface area contributed by atoms with E-state index < -0.39 is 15.9 Å². The third-order valence-electron chi connectivity index (χ3n) is 5.09. The van der Waals surface area contributed by atoms with Gasteiger partial charge in [-0.2, -0.15) is 0 Å². The quantitative estimate of drug-likeness (QED) is 0.858. The van der Waals surface area contributed by atoms with Crippen LogP contribution in [-0.4, -0.2) is 51.9 Å². The molecule has 0 spiro atoms. The van der Waals surface area contributed by atoms with Crippen LogP contribution in [0.1, 0.15) is 45.5 Å². The molecule has 22 heavy (non-hydrogen) atoms. The Morgan fingerprint density at radius 1 is 1.36 bits per heavy atom. The highest BCUT2D eigenvalue weighted by Gasteiger charge is 2.49. The van der Waals surface area contributed by atoms with E-state index >= 15 is 0 Å². The molecule has 4 unspecified atom stereocenters. The molecule has 2 aliphatic heterocycles. The van der Waals surface area contributed by atoms with Crippen molar-refractivity contribution < 1.29 is 13.5 Å². The van der Waals surface area contributed by atoms with Gasteiger partial charge < -0.3 is 10.0 Å². The minimum Gasteiger partial charge on any atom is -0.385 e. The molecule has 2 bridgehead atoms. The van der Waals surface area contributed by atoms with Crippen LogP contribution in [0.5, 0.6) is 0 Å². The maximum atomic E-state index is 11.9. The lowest BCUT2D eigenvalue weighted by Gasteiger charge is -2.28. The van der Waals surface area contributed by atoms with Gasteiger partial charge in [0.2, 0.25) is 5.95 Å². The molecule has 1 aromatic heterocycles. The molecule has 0 saturated carbocycles. The molecule has 0 aliphatic carbocycles. The van der Waals surface area contributed by atoms with Gasteiger partial charge in [-0.1, -0.05) is 20.3 Å². The summed E-state index contributed by atoms with van der Waals surface area (Å²) >= 11 is 0. The number of hydrogen-bond donors (Lipinski definition) is 1. The van der Waals surface area contributed by atoms with E-state index in [1.165, 1.54) is 0 Å². The van der Waals surface area contributed by atoms with Crippen LogP contribution in [0.15, 0.2) is 0 Å². The molecule has 0 aromatic carbocycles. The van der Waals surface area contributed by atoms with Gasteiger partial charge in [-0.25, -0.2) is 8.42 Å². The van der Waals surface area contributed by atoms with E-state index in [2.05, 4.69) is 15.1 Å². The second kappa shape index (κ2) is 5.49. The Morgan fingerprint density at radius 2 is 2.09 bits per heavy atom. The summed E-state index contributed by atoms with van der Waals surface area (Å²) in [6.45, 7) is 7.16. The number of sulfone groups is 1. The summed E-state index contributed by atoms with van der Waals surface area (Å²) in [7, 11) is -2.92. The Labute approximate surface area is 131 Å². The van der Waals surface area contributed by atoms with Gasteiger partial charge in [-0.15, -0.1) is 10.2 Å². The van der Waals surface area contributed by atoms with Crippen molar-refractivity contribution in [2.24, 2.45) is 5.92 Å². The van der Waals surface area contributed by atoms with Crippen LogP contribution >= 0.6 is 0 Å². The fourth-order valence-electron chi connectivity index (χ4n) is 3.46. The summed E-state index contributed by atoms with van der Waals surface area (Å²) in [5.41, 5.74) is 0. The molecular formula is C14H24N4O3S. The molecule has 2 saturated heterocycles. The lowest BCUT2D eigenvalue weighted by molar-refractivity contribution is 0.102. The molecule has 7 nitrogen and oxygen atoms in total. The maximum Gasteiger partial charge on any atom is 0.227 e. The molecule has 4 atom stereocenters. The first kappa shape index (κ1) is 15.7. The van der Waals surface area contributed by atoms with Crippen molar-refractivity contribution in [1.29, 1.82) is 0 Å². The predicted molar refractivity (Wildman–Crippen MR) is 83.4 cm³/mol. The van der Waals surface area contributed by atoms with E-state index in [1.54, 1.807) is 0 Å². The lowest BCUT2D eigenvalue weighted by Crippen LogP contribution is -2.42. The van der Waals surface area contributed by atoms with Gasteiger partial charge >= 0.3 is 0 Å². The molecule has 1 N–H and O–H groups in total. The summed E-state index contributed by atoms with van der Waals surface area (Å²) in [5.74, 6) is 1.59. The third kappa shape index (κ3) is 2.32. The Morgan fingerprint density at radius 3 is 2.59 bits per heavy atom. The Bertz CT molecular complexity index is 657. The molecular weight excluding hydrogens is 304 g/mol. The second-order valence-electron chi connectivity index (χ2n) is 6.43. The van der Waals surface area contributed by atoms with Crippen molar-refractivity contribution in [1.82, 2.24) is 14.8 Å². The number of rotatable bonds is 5. The lowest BCUT2D eigenvalue weighted by atomic mass is 10.0. The fourth-order valence-corrected chi connectivity index (χ4v) is 5.49. The zero-order valence-electron chi connectivity index (χ0n) is 13.3. The first-order valence-corrected chi connectivity index (χ1v) is 9.69. The standard InChI is InChI=1S/C14H24N4O3S/c1-4-9(3)12(19)13-15-16-14(17(13)5-2)18-7-11-6-10(18)8-22(11,20)21/h9-12,19H,4-8H2,1-3H3. The molecule has 1 aromatic rings. The largest absolute Gasteiger partial charge is 0.385 e. The van der Waals surface area contributed by atoms with Crippen LogP contribution in [0.2, 0.25) is 0 Å². The van der Waals surface area contributed by atoms with Crippen LogP contribution in [-0.2, 0) is 16.4 Å². The Balaban J connectivity index is 1.89. The SMILES string of the molecule is CCC(C)C(O)c1nnc(N2CC3CC2CS3(=O)=O)n1CC. The van der Waals surface area contributed by atoms with Crippen LogP contribution in [0.25, 0.3) is 0 Å². The van der Waals surface area contributed by atoms with Gasteiger partial charge in [0, 0.05) is 19.1 Å². The summed E-state index contributed by atoms with van der Waals surface area (Å²) < 4.78 is 25.7. The van der Waals surface area contributed by atoms with Gasteiger partial charge in [0.05, 0.1) is 11.0 Å². The number of aliphatic hydroxyl groups is 1. The zero-order valence-corrected chi connectivity index (χ0v) is 14.1. The highest BCUT2D eigenvalue weighted by atomic mass is 32.2. The van der Waals surface area contributed by atoms with E-state index in [-0.39, 0.29) is 23.0 Å². The number of aliphatic hydroxyl groups excluding tert-OH is 1. The molecule has 124 valence electrons. The molecule has 8 heteroatoms. The number of fused-ring (bicyclic) bond motifs is 2. The fraction of sp³-hybridized carbons (Fsp3) is 0.857. The maximum absolute atomic E-state index is 11.9. The van der Waals surface area contributed by atoms with E-state index in [0.29, 0.717) is 31.3 Å². The average molecular weight is 328 g/mol. The predicted octanol–water partition coefficient (Wildman–Crippen LogP) is 0.753. The van der Waals surface area contributed by atoms with E-state index in [4.69, 9.17) is 0 Å². The molecule has 3 rings (SSSR count). The Kier molecular flexibility index (Phi) is 3.92. The van der Waals surface area contributed by atoms with Crippen molar-refractivity contribution in [3.05, 3.63) is 5.82 Å². The number of nitrogens with zero attached hydrogens (tertiary/aromatic N) is 4. The number of anilines is 1. The minimum atomic E-state index is -2.92. The summed E-state index contributed by atoms with van der Waals surface area (Å²) in [6.07, 6.45) is 0.900. The average Bonchev–Trinajstić information content (AvgIpc) is 3.15. The van der Waals surface area contributed by atoms with E-state index in [9.17, 15) is 13.5 Å². The van der Waals surface area contributed by atoms with Crippen molar-refractivity contribution in [3.8, 4) is 0 Å². The van der Waals surface area contributed by atoms with E-state index in [1.807, 2.05) is 25.3 Å². The highest BCUT2D eigenvalue weighted by molar-refractivity contribution is 7.92. The van der Waals surface area contributed by atoms with Crippen LogP contribution in [0.4, 0.5) is 5.95 Å². The number of aromatic nitrogens is 3. The van der Waals surface area contributed by atoms with E-state index in [0.717, 1.165) is 6.42 Å². The zero-order chi connectivity index (χ0) is 16.1. The van der Waals surface area contributed by atoms with Gasteiger partial charge in [0.1, 0.15) is 6.10 Å². The van der Waals surface area contributed by atoms with Crippen molar-refractivity contribution >= 4 is 15.8 Å². The van der Waals surface area contributed by atoms with Crippen LogP contribution in [0, 0.1) is 5.92 Å². The van der Waals surface area contributed by atoms with Gasteiger partial charge in [-0.05, 0) is 19.3 Å². The number of hydrogen-bond acceptors (Lipinski definition) is 6. The summed E-state index contributed by atoms with van der Waals surface area (Å²) in [4.78, 5) is 2.05. The molecule has 2 aliphatic rings. The van der Waals surface area contributed by atoms with Crippen LogP contribution < -0.4 is 4.90 Å². The van der Waals surface area contributed by atoms with Gasteiger partial charge in [0.15, 0.2) is 15.7 Å².